The average molecular weight is 1560 g/mol. The molecule has 12 amide bonds. The number of nitrogens with zero attached hydrogens (tertiary/aromatic N) is 9. The normalized spacial score (nSPS) is 32.3. The van der Waals surface area contributed by atoms with E-state index < -0.39 is 235 Å². The number of hydrogen-bond acceptors (Lipinski definition) is 13. The Morgan fingerprint density at radius 3 is 1.82 bits per heavy atom. The third-order valence-corrected chi connectivity index (χ3v) is 24.2. The minimum Gasteiger partial charge on any atom is -0.377 e. The predicted octanol–water partition coefficient (Wildman–Crippen LogP) is 6.74. The lowest BCUT2D eigenvalue weighted by molar-refractivity contribution is -0.219. The lowest BCUT2D eigenvalue weighted by atomic mass is 9.58. The Morgan fingerprint density at radius 2 is 1.26 bits per heavy atom. The van der Waals surface area contributed by atoms with Crippen molar-refractivity contribution in [2.45, 2.75) is 267 Å². The van der Waals surface area contributed by atoms with E-state index in [1.807, 2.05) is 13.8 Å². The molecule has 0 aromatic rings. The summed E-state index contributed by atoms with van der Waals surface area (Å²) in [6.45, 7) is 8.56. The number of halogens is 8. The Labute approximate surface area is 635 Å². The molecule has 0 radical (unpaired) electrons. The number of ether oxygens (including phenoxy) is 1. The van der Waals surface area contributed by atoms with Gasteiger partial charge >= 0.3 is 12.4 Å². The molecule has 2 saturated heterocycles. The van der Waals surface area contributed by atoms with Crippen LogP contribution in [0.5, 0.6) is 0 Å². The molecule has 4 saturated carbocycles. The Bertz CT molecular complexity index is 3270. The summed E-state index contributed by atoms with van der Waals surface area (Å²) in [5, 5.41) is 8.43. The van der Waals surface area contributed by atoms with Gasteiger partial charge in [0.25, 0.3) is 0 Å². The van der Waals surface area contributed by atoms with Crippen LogP contribution in [0.15, 0.2) is 12.2 Å². The molecule has 6 fully saturated rings. The number of rotatable bonds is 12. The highest BCUT2D eigenvalue weighted by molar-refractivity contribution is 6.01. The molecule has 7 aliphatic rings. The minimum absolute atomic E-state index is 0.00580. The van der Waals surface area contributed by atoms with Crippen LogP contribution in [0.1, 0.15) is 183 Å². The number of carbonyl (C=O) groups is 12. The molecule has 0 aromatic carbocycles. The largest absolute Gasteiger partial charge is 0.397 e. The topological polar surface area (TPSA) is 279 Å². The van der Waals surface area contributed by atoms with Gasteiger partial charge in [-0.15, -0.1) is 0 Å². The van der Waals surface area contributed by atoms with E-state index in [0.717, 1.165) is 35.8 Å². The molecule has 2 unspecified atom stereocenters. The zero-order chi connectivity index (χ0) is 81.3. The molecule has 2 bridgehead atoms. The molecule has 3 N–H and O–H groups in total. The van der Waals surface area contributed by atoms with Gasteiger partial charge in [0.2, 0.25) is 70.9 Å². The fourth-order valence-electron chi connectivity index (χ4n) is 17.9. The fraction of sp³-hybridized carbons (Fsp3) is 0.816. The summed E-state index contributed by atoms with van der Waals surface area (Å²) in [4.78, 5) is 192. The molecule has 0 aromatic heterocycles. The first-order valence-electron chi connectivity index (χ1n) is 38.9. The second-order valence-corrected chi connectivity index (χ2v) is 33.0. The van der Waals surface area contributed by atoms with Gasteiger partial charge in [0, 0.05) is 82.5 Å². The molecule has 616 valence electrons. The third-order valence-electron chi connectivity index (χ3n) is 24.2. The Hall–Kier alpha value is -7.22. The smallest absolute Gasteiger partial charge is 0.377 e. The molecular weight excluding hydrogens is 1440 g/mol. The molecule has 3 heterocycles. The molecule has 33 heteroatoms. The number of alkyl halides is 8. The summed E-state index contributed by atoms with van der Waals surface area (Å²) in [7, 11) is 10.8. The minimum atomic E-state index is -5.22. The molecule has 25 nitrogen and oxygen atoms in total. The quantitative estimate of drug-likeness (QED) is 0.135. The number of nitrogens with one attached hydrogen (secondary N) is 3. The van der Waals surface area contributed by atoms with Gasteiger partial charge in [-0.1, -0.05) is 72.5 Å². The third kappa shape index (κ3) is 21.5. The summed E-state index contributed by atoms with van der Waals surface area (Å²) >= 11 is 0. The van der Waals surface area contributed by atoms with E-state index in [1.54, 1.807) is 39.8 Å². The summed E-state index contributed by atoms with van der Waals surface area (Å²) in [5.74, 6) is -16.9. The van der Waals surface area contributed by atoms with E-state index in [9.17, 15) is 55.1 Å². The van der Waals surface area contributed by atoms with E-state index in [1.165, 1.54) is 71.1 Å². The number of hydrogen-bond donors (Lipinski definition) is 3. The van der Waals surface area contributed by atoms with Gasteiger partial charge in [-0.05, 0) is 139 Å². The van der Waals surface area contributed by atoms with Gasteiger partial charge in [0.1, 0.15) is 72.1 Å². The molecule has 109 heavy (non-hydrogen) atoms. The van der Waals surface area contributed by atoms with Crippen molar-refractivity contribution >= 4 is 70.9 Å². The summed E-state index contributed by atoms with van der Waals surface area (Å²) < 4.78 is 121. The van der Waals surface area contributed by atoms with Crippen LogP contribution in [0.2, 0.25) is 0 Å². The zero-order valence-electron chi connectivity index (χ0n) is 65.9. The Balaban J connectivity index is 1.34. The van der Waals surface area contributed by atoms with Crippen molar-refractivity contribution in [1.82, 2.24) is 60.0 Å². The summed E-state index contributed by atoms with van der Waals surface area (Å²) in [6.07, 6.45) is -13.1. The monoisotopic (exact) mass is 1560 g/mol. The van der Waals surface area contributed by atoms with E-state index in [4.69, 9.17) is 4.74 Å². The Morgan fingerprint density at radius 1 is 0.642 bits per heavy atom. The molecule has 4 aliphatic carbocycles. The standard InChI is InChI=1S/C76H118F8N12O13/c1-15-44(4)62-70(106)90(10)41-60(99)92(12)54-26-22-19-23-33-95(69(54)105)57(36-45-27-30-48(31-28-45)75(79,80)81)68(104)89(9)40-58(97)85-52(32-29-46-34-50(77)61(51(78)35-46)76(82,83)84)66(102)96-39-49(109-17-3)37-55(96)65(101)87-74(42-73(5,6)43-74)72(108)94(14)63(47-24-20-18-21-25-47)71(107)93(13)56(67(103)88(7)8)38-59(98)91(11)53(16-2)64(100)86-62/h19,22,44-57,61-63H,15-18,20-21,23-43H2,1-14H3,(H,85,97)(H,86,100)(H,87,101)/b22-19-/t44-,45?,46?,48?,49+,50?,51?,52-,53-,54-,55-,56-,57-,61?,62-,63-/m0/s1. The maximum atomic E-state index is 15.8. The second kappa shape index (κ2) is 37.4. The molecule has 3 aliphatic heterocycles. The van der Waals surface area contributed by atoms with Crippen molar-refractivity contribution in [3.8, 4) is 0 Å². The maximum Gasteiger partial charge on any atom is 0.397 e. The van der Waals surface area contributed by atoms with E-state index in [-0.39, 0.29) is 96.7 Å². The van der Waals surface area contributed by atoms with Crippen LogP contribution in [0.4, 0.5) is 35.1 Å². The number of fused-ring (bicyclic) bond motifs is 3. The van der Waals surface area contributed by atoms with Gasteiger partial charge in [0.15, 0.2) is 0 Å². The molecule has 1 spiro atoms. The van der Waals surface area contributed by atoms with Crippen LogP contribution in [0.25, 0.3) is 0 Å². The first-order chi connectivity index (χ1) is 50.9. The second-order valence-electron chi connectivity index (χ2n) is 33.0. The number of amides is 12. The molecule has 12 atom stereocenters. The van der Waals surface area contributed by atoms with Crippen LogP contribution < -0.4 is 16.0 Å². The predicted molar refractivity (Wildman–Crippen MR) is 386 cm³/mol. The van der Waals surface area contributed by atoms with E-state index >= 15 is 37.5 Å². The van der Waals surface area contributed by atoms with Crippen LogP contribution in [0.3, 0.4) is 0 Å². The van der Waals surface area contributed by atoms with Gasteiger partial charge in [-0.2, -0.15) is 26.3 Å². The number of likely N-dealkylation sites (N-methyl/N-ethyl adjacent to an activating group) is 7. The van der Waals surface area contributed by atoms with Crippen molar-refractivity contribution in [1.29, 1.82) is 0 Å². The van der Waals surface area contributed by atoms with Gasteiger partial charge in [-0.25, -0.2) is 8.78 Å². The van der Waals surface area contributed by atoms with E-state index in [2.05, 4.69) is 16.0 Å². The van der Waals surface area contributed by atoms with Gasteiger partial charge < -0.3 is 64.8 Å². The van der Waals surface area contributed by atoms with Crippen molar-refractivity contribution in [2.24, 2.45) is 40.9 Å². The van der Waals surface area contributed by atoms with Gasteiger partial charge in [0.05, 0.1) is 31.5 Å². The van der Waals surface area contributed by atoms with Gasteiger partial charge in [-0.3, -0.25) is 57.5 Å². The fourth-order valence-corrected chi connectivity index (χ4v) is 17.9. The van der Waals surface area contributed by atoms with Crippen LogP contribution in [0, 0.1) is 40.9 Å². The summed E-state index contributed by atoms with van der Waals surface area (Å²) in [5.41, 5.74) is -2.37. The van der Waals surface area contributed by atoms with Crippen LogP contribution >= 0.6 is 0 Å². The maximum absolute atomic E-state index is 15.8. The highest BCUT2D eigenvalue weighted by Crippen LogP contribution is 2.50. The lowest BCUT2D eigenvalue weighted by Gasteiger charge is -2.54. The van der Waals surface area contributed by atoms with Crippen molar-refractivity contribution < 1.29 is 97.4 Å². The Kier molecular flexibility index (Phi) is 30.5. The van der Waals surface area contributed by atoms with Crippen LogP contribution in [-0.4, -0.2) is 289 Å². The highest BCUT2D eigenvalue weighted by atomic mass is 19.4. The van der Waals surface area contributed by atoms with E-state index in [0.29, 0.717) is 32.1 Å². The molecular formula is C76H118F8N12O13. The summed E-state index contributed by atoms with van der Waals surface area (Å²) in [6, 6.07) is -11.4. The average Bonchev–Trinajstić information content (AvgIpc) is 1.24. The lowest BCUT2D eigenvalue weighted by Crippen LogP contribution is -2.71. The van der Waals surface area contributed by atoms with Crippen molar-refractivity contribution in [3.05, 3.63) is 12.2 Å². The SMILES string of the molecule is CCO[C@@H]1C[C@H]2C(=O)NC3(CC(C)(C)C3)C(=O)N(C)[C@@H](C3CCCCC3)C(=O)N(C)[C@H](C(=O)N(C)C)CC(=O)N(C)[C@@H](CC)C(=O)N[C@@H]([C@@H](C)CC)C(=O)N(C)CC(=O)N(C)[C@H]3C/C=C\CCN(C3=O)[C@@H](CC3CCC(C(F)(F)F)CC3)C(=O)N(C)CC(=O)N[C@@H](CCC3CC(F)C(C(F)(F)F)C(F)C3)C(=O)N2C1. The van der Waals surface area contributed by atoms with Crippen molar-refractivity contribution in [2.75, 3.05) is 89.2 Å². The van der Waals surface area contributed by atoms with Crippen molar-refractivity contribution in [3.63, 3.8) is 0 Å². The molecule has 7 rings (SSSR count). The number of carbonyl (C=O) groups excluding carboxylic acids is 12. The highest BCUT2D eigenvalue weighted by Gasteiger charge is 2.60. The van der Waals surface area contributed by atoms with Crippen LogP contribution in [-0.2, 0) is 62.3 Å². The first kappa shape index (κ1) is 89.0. The first-order valence-corrected chi connectivity index (χ1v) is 38.9. The zero-order valence-corrected chi connectivity index (χ0v) is 65.9.